The van der Waals surface area contributed by atoms with Crippen LogP contribution in [0.2, 0.25) is 0 Å². The quantitative estimate of drug-likeness (QED) is 0.0832. The molecule has 127 heavy (non-hydrogen) atoms. The van der Waals surface area contributed by atoms with Gasteiger partial charge in [-0.3, -0.25) is 43.5 Å². The maximum Gasteiger partial charge on any atom is 0.257 e. The fraction of sp³-hybridized carbons (Fsp3) is 0.314. The van der Waals surface area contributed by atoms with E-state index in [0.717, 1.165) is 62.6 Å². The second-order valence-electron chi connectivity index (χ2n) is 30.2. The number of aromatic nitrogens is 8. The Labute approximate surface area is 724 Å². The van der Waals surface area contributed by atoms with Crippen LogP contribution in [0.3, 0.4) is 0 Å². The average molecular weight is 1750 g/mol. The first-order valence-corrected chi connectivity index (χ1v) is 39.7. The van der Waals surface area contributed by atoms with Gasteiger partial charge < -0.3 is 112 Å². The van der Waals surface area contributed by atoms with Crippen LogP contribution in [0.1, 0.15) is 58.4 Å². The molecule has 6 aromatic carbocycles. The molecular weight excluding hydrogens is 1660 g/mol. The smallest absolute Gasteiger partial charge is 0.257 e. The lowest BCUT2D eigenvalue weighted by Gasteiger charge is -2.18. The van der Waals surface area contributed by atoms with E-state index in [9.17, 15) is 51.1 Å². The summed E-state index contributed by atoms with van der Waals surface area (Å²) in [5.41, 5.74) is 50.2. The molecule has 11 aromatic rings. The fourth-order valence-corrected chi connectivity index (χ4v) is 13.6. The molecule has 0 radical (unpaired) electrons. The highest BCUT2D eigenvalue weighted by atomic mass is 19.1. The summed E-state index contributed by atoms with van der Waals surface area (Å²) < 4.78 is 96.3. The third-order valence-corrected chi connectivity index (χ3v) is 20.8. The third-order valence-electron chi connectivity index (χ3n) is 20.8. The maximum absolute atomic E-state index is 13.6. The molecule has 7 aliphatic rings. The number of aryl methyl sites for hydroxylation is 7. The van der Waals surface area contributed by atoms with Crippen LogP contribution in [0.4, 0.5) is 57.4 Å². The van der Waals surface area contributed by atoms with Crippen LogP contribution in [0.5, 0.6) is 28.7 Å². The normalized spacial score (nSPS) is 19.1. The summed E-state index contributed by atoms with van der Waals surface area (Å²) in [6.07, 6.45) is 5.24. The molecule has 37 nitrogen and oxygen atoms in total. The first kappa shape index (κ1) is 92.0. The van der Waals surface area contributed by atoms with E-state index in [4.69, 9.17) is 77.3 Å². The van der Waals surface area contributed by atoms with E-state index >= 15 is 0 Å². The van der Waals surface area contributed by atoms with Crippen LogP contribution in [-0.4, -0.2) is 192 Å². The number of likely N-dealkylation sites (N-methyl/N-ethyl adjacent to an activating group) is 5. The number of hydrogen-bond donors (Lipinski definition) is 9. The largest absolute Gasteiger partial charge is 0.489 e. The number of nitrogens with one attached hydrogen (secondary N) is 2. The first-order valence-electron chi connectivity index (χ1n) is 39.7. The Bertz CT molecular complexity index is 5850. The van der Waals surface area contributed by atoms with Gasteiger partial charge in [-0.15, -0.1) is 10.2 Å². The topological polar surface area (TPSA) is 531 Å². The fourth-order valence-electron chi connectivity index (χ4n) is 13.6. The highest BCUT2D eigenvalue weighted by molar-refractivity contribution is 6.03. The molecule has 0 saturated heterocycles. The SMILES string of the molecule is CN1C(=O)[C@@H](N)CCc2ncc(F)cc21.CN1C(=O)[C@@H](N)COc2ccc(-c3ccccn3)cc21.Cc1c(F)cc2c(c1F)NC(=O)[C@@H](N)CO2.Cc1cc(F)c2c(c1)CC[C@H](N)C(=O)N2.Cc1nc(-c2ccc3c(c2)N(C)C(=O)[C@@H](N)CO3)no1.Cc1nnc(-c2cc3c(cc2C)OC[C@H](N)C(=O)N3C)o1.Cc1noc(-c2ccc3c(c2)N(C)C(=O)[C@@H](N)CO3)n1. The monoisotopic (exact) mass is 1750 g/mol. The summed E-state index contributed by atoms with van der Waals surface area (Å²) in [5, 5.41) is 20.3. The number of carbonyl (C=O) groups excluding carboxylic acids is 7. The summed E-state index contributed by atoms with van der Waals surface area (Å²) in [6, 6.07) is 26.8. The van der Waals surface area contributed by atoms with Gasteiger partial charge in [0.1, 0.15) is 115 Å². The van der Waals surface area contributed by atoms with E-state index in [0.29, 0.717) is 118 Å². The summed E-state index contributed by atoms with van der Waals surface area (Å²) in [4.78, 5) is 107. The number of ether oxygens (including phenoxy) is 5. The summed E-state index contributed by atoms with van der Waals surface area (Å²) >= 11 is 0. The van der Waals surface area contributed by atoms with Gasteiger partial charge in [-0.05, 0) is 155 Å². The van der Waals surface area contributed by atoms with Gasteiger partial charge in [0, 0.05) is 95.2 Å². The van der Waals surface area contributed by atoms with Crippen LogP contribution >= 0.6 is 0 Å². The minimum atomic E-state index is -0.893. The molecule has 7 amide bonds. The van der Waals surface area contributed by atoms with E-state index in [1.807, 2.05) is 74.5 Å². The number of anilines is 7. The number of pyridine rings is 2. The summed E-state index contributed by atoms with van der Waals surface area (Å²) in [6.45, 7) is 10.8. The van der Waals surface area contributed by atoms with Gasteiger partial charge in [-0.1, -0.05) is 22.4 Å². The van der Waals surface area contributed by atoms with Crippen LogP contribution in [-0.2, 0) is 46.4 Å². The number of rotatable bonds is 4. The molecule has 7 atom stereocenters. The number of nitrogens with two attached hydrogens (primary N) is 7. The van der Waals surface area contributed by atoms with Crippen LogP contribution in [0.15, 0.2) is 135 Å². The van der Waals surface area contributed by atoms with Gasteiger partial charge in [0.05, 0.1) is 63.8 Å². The Balaban J connectivity index is 0.000000135. The molecule has 41 heteroatoms. The summed E-state index contributed by atoms with van der Waals surface area (Å²) in [5.74, 6) is 1.12. The van der Waals surface area contributed by atoms with Gasteiger partial charge in [-0.2, -0.15) is 9.97 Å². The second kappa shape index (κ2) is 39.7. The minimum Gasteiger partial charge on any atom is -0.489 e. The molecule has 7 aliphatic heterocycles. The van der Waals surface area contributed by atoms with Crippen LogP contribution in [0, 0.1) is 64.8 Å². The highest BCUT2D eigenvalue weighted by Gasteiger charge is 2.34. The molecule has 16 N–H and O–H groups in total. The zero-order valence-corrected chi connectivity index (χ0v) is 70.9. The molecule has 0 saturated carbocycles. The minimum absolute atomic E-state index is 0.0399. The number of nitrogens with zero attached hydrogens (tertiary/aromatic N) is 13. The van der Waals surface area contributed by atoms with Crippen LogP contribution < -0.4 is 99.0 Å². The van der Waals surface area contributed by atoms with E-state index in [1.165, 1.54) is 38.7 Å². The average Bonchev–Trinajstić information content (AvgIpc) is 1.69. The standard InChI is InChI=1S/C15H15N3O2.C14H16N4O3.2C13H14N4O3.C11H13FN2O.C10H10F2N2O2.C10H12FN3O/c1-18-13-8-10(12-4-2-3-7-17-12)5-6-14(13)20-9-11(16)15(18)19;1-7-4-12-11(18(3)14(19)10(15)6-20-12)5-9(7)13-17-16-8(2)21-13;1-7-15-12(16-20-7)8-3-4-11-10(5-8)17(2)13(18)9(14)6-19-11;1-7-15-12(20-16-7)8-3-4-11-10(5-8)17(2)13(18)9(14)6-19-11;1-6-4-7-2-3-9(13)11(15)14-10(7)8(12)5-6;1-4-5(11)2-7-9(8(4)12)14-10(15)6(13)3-16-7;1-14-9-4-6(11)5-13-8(9)3-2-7(12)10(14)15/h2-8,11H,9,16H2,1H3;4-5,10H,6,15H2,1-3H3;2*3-5,9H,6,14H2,1-2H3;4-5,9H,2-3,13H2,1H3,(H,14,15);2,6H,3,13H2,1H3,(H,14,15);4-5,7H,2-3,12H2,1H3/t11-;10-;3*9-;6-;7-/m0000000/s1. The van der Waals surface area contributed by atoms with Gasteiger partial charge in [0.25, 0.3) is 5.89 Å². The molecule has 12 heterocycles. The number of benzene rings is 6. The Morgan fingerprint density at radius 3 is 1.50 bits per heavy atom. The van der Waals surface area contributed by atoms with Crippen molar-refractivity contribution in [3.05, 3.63) is 190 Å². The third kappa shape index (κ3) is 21.2. The van der Waals surface area contributed by atoms with Crippen molar-refractivity contribution in [3.63, 3.8) is 0 Å². The Kier molecular flexibility index (Phi) is 28.8. The van der Waals surface area contributed by atoms with Crippen LogP contribution in [0.25, 0.3) is 45.6 Å². The number of fused-ring (bicyclic) bond motifs is 7. The molecule has 0 unspecified atom stereocenters. The summed E-state index contributed by atoms with van der Waals surface area (Å²) in [7, 11) is 8.30. The van der Waals surface area contributed by atoms with E-state index in [2.05, 4.69) is 51.1 Å². The van der Waals surface area contributed by atoms with E-state index in [1.54, 1.807) is 97.4 Å². The molecule has 0 bridgehead atoms. The van der Waals surface area contributed by atoms with Crippen molar-refractivity contribution in [3.8, 4) is 74.3 Å². The van der Waals surface area contributed by atoms with Crippen molar-refractivity contribution in [2.75, 3.05) is 103 Å². The lowest BCUT2D eigenvalue weighted by molar-refractivity contribution is -0.120. The zero-order chi connectivity index (χ0) is 91.7. The molecule has 18 rings (SSSR count). The van der Waals surface area contributed by atoms with Crippen molar-refractivity contribution in [1.82, 2.24) is 40.4 Å². The number of amides is 7. The molecule has 0 aliphatic carbocycles. The van der Waals surface area contributed by atoms with E-state index < -0.39 is 65.7 Å². The van der Waals surface area contributed by atoms with Crippen molar-refractivity contribution < 1.29 is 88.3 Å². The highest BCUT2D eigenvalue weighted by Crippen LogP contribution is 2.41. The number of carbonyl (C=O) groups is 7. The predicted octanol–water partition coefficient (Wildman–Crippen LogP) is 6.66. The molecule has 666 valence electrons. The van der Waals surface area contributed by atoms with Gasteiger partial charge >= 0.3 is 0 Å². The Morgan fingerprint density at radius 2 is 0.945 bits per heavy atom. The lowest BCUT2D eigenvalue weighted by atomic mass is 10.0. The molecule has 0 fully saturated rings. The van der Waals surface area contributed by atoms with Crippen molar-refractivity contribution in [1.29, 1.82) is 0 Å². The Morgan fingerprint density at radius 1 is 0.433 bits per heavy atom. The first-order chi connectivity index (χ1) is 60.4. The van der Waals surface area contributed by atoms with Crippen molar-refractivity contribution in [2.45, 2.75) is 110 Å². The number of hydrogen-bond acceptors (Lipinski definition) is 30. The molecule has 0 spiro atoms. The maximum atomic E-state index is 13.6. The van der Waals surface area contributed by atoms with Gasteiger partial charge in [0.15, 0.2) is 11.6 Å². The van der Waals surface area contributed by atoms with E-state index in [-0.39, 0.29) is 91.3 Å². The zero-order valence-electron chi connectivity index (χ0n) is 70.9. The second-order valence-corrected chi connectivity index (χ2v) is 30.2. The van der Waals surface area contributed by atoms with Crippen molar-refractivity contribution in [2.24, 2.45) is 40.1 Å². The molecule has 5 aromatic heterocycles. The number of halogens is 4. The predicted molar refractivity (Wildman–Crippen MR) is 459 cm³/mol. The van der Waals surface area contributed by atoms with Gasteiger partial charge in [-0.25, -0.2) is 17.6 Å². The van der Waals surface area contributed by atoms with Gasteiger partial charge in [0.2, 0.25) is 64.8 Å². The lowest BCUT2D eigenvalue weighted by Crippen LogP contribution is -2.43. The van der Waals surface area contributed by atoms with Crippen molar-refractivity contribution >= 4 is 81.2 Å². The Hall–Kier alpha value is -14.2. The molecular formula is C86H94F4N22O15.